The number of alkyl halides is 7. The summed E-state index contributed by atoms with van der Waals surface area (Å²) >= 11 is 0. The Morgan fingerprint density at radius 1 is 1.06 bits per heavy atom. The molecule has 0 radical (unpaired) electrons. The SMILES string of the molecule is C=CC[C@@H](N)C(F)(F)C(F)(F)C(F)(F)F.Cl. The molecule has 0 rings (SSSR count). The lowest BCUT2D eigenvalue weighted by molar-refractivity contribution is -0.358. The van der Waals surface area contributed by atoms with Crippen molar-refractivity contribution in [2.75, 3.05) is 0 Å². The summed E-state index contributed by atoms with van der Waals surface area (Å²) < 4.78 is 84.7. The first kappa shape index (κ1) is 17.9. The van der Waals surface area contributed by atoms with Crippen LogP contribution in [0.15, 0.2) is 12.7 Å². The van der Waals surface area contributed by atoms with E-state index >= 15 is 0 Å². The minimum Gasteiger partial charge on any atom is -0.322 e. The fourth-order valence-electron chi connectivity index (χ4n) is 0.749. The van der Waals surface area contributed by atoms with Crippen LogP contribution in [-0.4, -0.2) is 24.1 Å². The molecular weight excluding hydrogens is 267 g/mol. The van der Waals surface area contributed by atoms with Crippen LogP contribution in [0.1, 0.15) is 6.42 Å². The van der Waals surface area contributed by atoms with E-state index in [9.17, 15) is 30.7 Å². The van der Waals surface area contributed by atoms with Gasteiger partial charge < -0.3 is 5.73 Å². The van der Waals surface area contributed by atoms with E-state index in [-0.39, 0.29) is 12.4 Å². The second-order valence-electron chi connectivity index (χ2n) is 2.83. The molecule has 9 heteroatoms. The van der Waals surface area contributed by atoms with E-state index in [2.05, 4.69) is 12.3 Å². The third-order valence-corrected chi connectivity index (χ3v) is 1.66. The lowest BCUT2D eigenvalue weighted by Crippen LogP contribution is -2.60. The monoisotopic (exact) mass is 275 g/mol. The van der Waals surface area contributed by atoms with Crippen molar-refractivity contribution in [2.24, 2.45) is 5.73 Å². The van der Waals surface area contributed by atoms with E-state index in [1.165, 1.54) is 0 Å². The van der Waals surface area contributed by atoms with Crippen molar-refractivity contribution in [2.45, 2.75) is 30.5 Å². The summed E-state index contributed by atoms with van der Waals surface area (Å²) in [5, 5.41) is 0. The zero-order valence-corrected chi connectivity index (χ0v) is 8.52. The molecule has 0 bridgehead atoms. The van der Waals surface area contributed by atoms with Gasteiger partial charge in [-0.25, -0.2) is 0 Å². The average Bonchev–Trinajstić information content (AvgIpc) is 2.02. The minimum absolute atomic E-state index is 0. The molecule has 0 aromatic heterocycles. The van der Waals surface area contributed by atoms with E-state index in [4.69, 9.17) is 0 Å². The largest absolute Gasteiger partial charge is 0.459 e. The molecule has 0 heterocycles. The Kier molecular flexibility index (Phi) is 5.83. The van der Waals surface area contributed by atoms with Crippen molar-refractivity contribution in [1.82, 2.24) is 0 Å². The highest BCUT2D eigenvalue weighted by Gasteiger charge is 2.74. The second kappa shape index (κ2) is 5.22. The first-order chi connectivity index (χ1) is 6.48. The molecule has 1 atom stereocenters. The summed E-state index contributed by atoms with van der Waals surface area (Å²) in [6.07, 6.45) is -6.45. The van der Waals surface area contributed by atoms with Gasteiger partial charge in [-0.15, -0.1) is 19.0 Å². The Hall–Kier alpha value is -0.500. The van der Waals surface area contributed by atoms with Crippen LogP contribution in [0.3, 0.4) is 0 Å². The highest BCUT2D eigenvalue weighted by Crippen LogP contribution is 2.48. The number of hydrogen-bond donors (Lipinski definition) is 1. The second-order valence-corrected chi connectivity index (χ2v) is 2.83. The van der Waals surface area contributed by atoms with Crippen LogP contribution in [0.2, 0.25) is 0 Å². The van der Waals surface area contributed by atoms with Gasteiger partial charge in [-0.3, -0.25) is 0 Å². The van der Waals surface area contributed by atoms with Crippen molar-refractivity contribution in [3.05, 3.63) is 12.7 Å². The zero-order valence-electron chi connectivity index (χ0n) is 7.70. The predicted molar refractivity (Wildman–Crippen MR) is 46.0 cm³/mol. The Morgan fingerprint density at radius 2 is 1.44 bits per heavy atom. The summed E-state index contributed by atoms with van der Waals surface area (Å²) in [7, 11) is 0. The van der Waals surface area contributed by atoms with Gasteiger partial charge in [0.05, 0.1) is 6.04 Å². The van der Waals surface area contributed by atoms with Gasteiger partial charge in [0.25, 0.3) is 0 Å². The molecule has 0 aromatic rings. The zero-order chi connectivity index (χ0) is 12.5. The summed E-state index contributed by atoms with van der Waals surface area (Å²) in [6, 6.07) is -2.63. The van der Waals surface area contributed by atoms with Crippen molar-refractivity contribution >= 4 is 12.4 Å². The number of nitrogens with two attached hydrogens (primary N) is 1. The lowest BCUT2D eigenvalue weighted by atomic mass is 10.0. The smallest absolute Gasteiger partial charge is 0.322 e. The van der Waals surface area contributed by atoms with Gasteiger partial charge in [0.1, 0.15) is 0 Å². The summed E-state index contributed by atoms with van der Waals surface area (Å²) in [6.45, 7) is 2.92. The predicted octanol–water partition coefficient (Wildman–Crippen LogP) is 3.14. The van der Waals surface area contributed by atoms with Crippen LogP contribution >= 0.6 is 12.4 Å². The normalized spacial score (nSPS) is 15.2. The Labute approximate surface area is 92.9 Å². The molecule has 0 aromatic carbocycles. The van der Waals surface area contributed by atoms with Crippen LogP contribution in [0.4, 0.5) is 30.7 Å². The molecule has 0 fully saturated rings. The van der Waals surface area contributed by atoms with Gasteiger partial charge in [-0.1, -0.05) is 6.08 Å². The van der Waals surface area contributed by atoms with E-state index in [1.54, 1.807) is 0 Å². The quantitative estimate of drug-likeness (QED) is 0.619. The third kappa shape index (κ3) is 3.00. The van der Waals surface area contributed by atoms with Gasteiger partial charge in [-0.2, -0.15) is 30.7 Å². The van der Waals surface area contributed by atoms with Crippen molar-refractivity contribution in [3.63, 3.8) is 0 Å². The number of rotatable bonds is 4. The summed E-state index contributed by atoms with van der Waals surface area (Å²) in [5.74, 6) is -11.5. The Morgan fingerprint density at radius 3 is 1.69 bits per heavy atom. The standard InChI is InChI=1S/C7H8F7N.ClH/c1-2-3-4(15)5(8,9)6(10,11)7(12,13)14;/h2,4H,1,3,15H2;1H/t4-;/m1./s1. The van der Waals surface area contributed by atoms with Crippen LogP contribution in [0, 0.1) is 0 Å². The van der Waals surface area contributed by atoms with Crippen LogP contribution in [-0.2, 0) is 0 Å². The van der Waals surface area contributed by atoms with E-state index < -0.39 is 30.5 Å². The molecular formula is C7H9ClF7N. The summed E-state index contributed by atoms with van der Waals surface area (Å²) in [5.41, 5.74) is 4.54. The highest BCUT2D eigenvalue weighted by molar-refractivity contribution is 5.85. The maximum atomic E-state index is 12.6. The molecule has 0 aliphatic carbocycles. The molecule has 0 spiro atoms. The molecule has 0 saturated heterocycles. The van der Waals surface area contributed by atoms with Gasteiger partial charge in [0.15, 0.2) is 0 Å². The first-order valence-corrected chi connectivity index (χ1v) is 3.67. The fraction of sp³-hybridized carbons (Fsp3) is 0.714. The number of halogens is 8. The van der Waals surface area contributed by atoms with Crippen LogP contribution in [0.5, 0.6) is 0 Å². The maximum Gasteiger partial charge on any atom is 0.459 e. The molecule has 98 valence electrons. The fourth-order valence-corrected chi connectivity index (χ4v) is 0.749. The minimum atomic E-state index is -6.34. The molecule has 1 nitrogen and oxygen atoms in total. The van der Waals surface area contributed by atoms with Gasteiger partial charge >= 0.3 is 18.0 Å². The van der Waals surface area contributed by atoms with Crippen LogP contribution in [0.25, 0.3) is 0 Å². The van der Waals surface area contributed by atoms with E-state index in [0.29, 0.717) is 0 Å². The molecule has 2 N–H and O–H groups in total. The molecule has 0 aliphatic rings. The molecule has 0 amide bonds. The number of hydrogen-bond acceptors (Lipinski definition) is 1. The van der Waals surface area contributed by atoms with Gasteiger partial charge in [0.2, 0.25) is 0 Å². The summed E-state index contributed by atoms with van der Waals surface area (Å²) in [4.78, 5) is 0. The topological polar surface area (TPSA) is 26.0 Å². The van der Waals surface area contributed by atoms with Crippen molar-refractivity contribution < 1.29 is 30.7 Å². The highest BCUT2D eigenvalue weighted by atomic mass is 35.5. The van der Waals surface area contributed by atoms with Crippen molar-refractivity contribution in [3.8, 4) is 0 Å². The molecule has 0 unspecified atom stereocenters. The van der Waals surface area contributed by atoms with E-state index in [1.807, 2.05) is 0 Å². The lowest BCUT2D eigenvalue weighted by Gasteiger charge is -2.31. The maximum absolute atomic E-state index is 12.6. The van der Waals surface area contributed by atoms with Crippen LogP contribution < -0.4 is 5.73 Å². The Bertz CT molecular complexity index is 237. The molecule has 16 heavy (non-hydrogen) atoms. The first-order valence-electron chi connectivity index (χ1n) is 3.67. The van der Waals surface area contributed by atoms with Crippen molar-refractivity contribution in [1.29, 1.82) is 0 Å². The Balaban J connectivity index is 0. The van der Waals surface area contributed by atoms with E-state index in [0.717, 1.165) is 6.08 Å². The van der Waals surface area contributed by atoms with Gasteiger partial charge in [0, 0.05) is 0 Å². The molecule has 0 aliphatic heterocycles. The average molecular weight is 276 g/mol. The third-order valence-electron chi connectivity index (χ3n) is 1.66. The molecule has 0 saturated carbocycles. The van der Waals surface area contributed by atoms with Gasteiger partial charge in [-0.05, 0) is 6.42 Å².